The normalized spacial score (nSPS) is 20.1. The highest BCUT2D eigenvalue weighted by Gasteiger charge is 2.36. The molecular formula is C15H26Cl2N4O. The quantitative estimate of drug-likeness (QED) is 0.909. The van der Waals surface area contributed by atoms with E-state index >= 15 is 0 Å². The van der Waals surface area contributed by atoms with Crippen LogP contribution in [0.2, 0.25) is 0 Å². The van der Waals surface area contributed by atoms with E-state index in [9.17, 15) is 4.79 Å². The average molecular weight is 349 g/mol. The Balaban J connectivity index is 0.00000121. The molecule has 2 saturated heterocycles. The smallest absolute Gasteiger partial charge is 0.224 e. The first kappa shape index (κ1) is 19.3. The minimum Gasteiger partial charge on any atom is -0.343 e. The number of nitrogens with one attached hydrogen (secondary N) is 1. The highest BCUT2D eigenvalue weighted by molar-refractivity contribution is 5.85. The van der Waals surface area contributed by atoms with Gasteiger partial charge in [0.1, 0.15) is 0 Å². The van der Waals surface area contributed by atoms with Gasteiger partial charge in [-0.15, -0.1) is 24.8 Å². The van der Waals surface area contributed by atoms with Crippen LogP contribution >= 0.6 is 24.8 Å². The van der Waals surface area contributed by atoms with Gasteiger partial charge in [-0.2, -0.15) is 0 Å². The lowest BCUT2D eigenvalue weighted by molar-refractivity contribution is -0.134. The largest absolute Gasteiger partial charge is 0.343 e. The third-order valence-corrected chi connectivity index (χ3v) is 4.98. The Kier molecular flexibility index (Phi) is 7.66. The maximum atomic E-state index is 12.2. The first-order chi connectivity index (χ1) is 9.77. The predicted octanol–water partition coefficient (Wildman–Crippen LogP) is 2.11. The molecule has 22 heavy (non-hydrogen) atoms. The molecule has 1 aromatic rings. The van der Waals surface area contributed by atoms with E-state index in [2.05, 4.69) is 15.2 Å². The van der Waals surface area contributed by atoms with Crippen LogP contribution in [0.25, 0.3) is 0 Å². The molecule has 0 unspecified atom stereocenters. The summed E-state index contributed by atoms with van der Waals surface area (Å²) in [5, 5.41) is 3.44. The van der Waals surface area contributed by atoms with Crippen LogP contribution in [0.4, 0.5) is 0 Å². The van der Waals surface area contributed by atoms with E-state index in [-0.39, 0.29) is 24.8 Å². The zero-order valence-corrected chi connectivity index (χ0v) is 14.5. The molecule has 0 atom stereocenters. The lowest BCUT2D eigenvalue weighted by atomic mass is 9.71. The molecule has 0 aliphatic carbocycles. The molecule has 1 aromatic heterocycles. The number of hydrogen-bond acceptors (Lipinski definition) is 3. The summed E-state index contributed by atoms with van der Waals surface area (Å²) < 4.78 is 1.97. The summed E-state index contributed by atoms with van der Waals surface area (Å²) in [6, 6.07) is 0. The SMILES string of the molecule is Cl.Cl.O=C(CCn1ccnc1)N1CCC2(CCNCC2)CC1. The standard InChI is InChI=1S/C15H24N4O.2ClH/c20-14(1-9-18-12-8-17-13-18)19-10-4-15(5-11-19)2-6-16-7-3-15;;/h8,12-13,16H,1-7,9-11H2;2*1H. The van der Waals surface area contributed by atoms with E-state index in [1.54, 1.807) is 12.5 Å². The van der Waals surface area contributed by atoms with Gasteiger partial charge < -0.3 is 14.8 Å². The molecule has 2 aliphatic rings. The Hall–Kier alpha value is -0.780. The van der Waals surface area contributed by atoms with Crippen molar-refractivity contribution in [1.82, 2.24) is 19.8 Å². The molecule has 1 amide bonds. The van der Waals surface area contributed by atoms with Crippen molar-refractivity contribution < 1.29 is 4.79 Å². The molecule has 3 heterocycles. The maximum absolute atomic E-state index is 12.2. The average Bonchev–Trinajstić information content (AvgIpc) is 3.00. The fraction of sp³-hybridized carbons (Fsp3) is 0.733. The molecule has 2 aliphatic heterocycles. The van der Waals surface area contributed by atoms with Gasteiger partial charge in [0.05, 0.1) is 6.33 Å². The van der Waals surface area contributed by atoms with Gasteiger partial charge in [0.2, 0.25) is 5.91 Å². The number of aromatic nitrogens is 2. The third kappa shape index (κ3) is 4.61. The van der Waals surface area contributed by atoms with E-state index in [0.29, 0.717) is 17.7 Å². The number of imidazole rings is 1. The number of nitrogens with zero attached hydrogens (tertiary/aromatic N) is 3. The lowest BCUT2D eigenvalue weighted by Crippen LogP contribution is -2.47. The minimum atomic E-state index is 0. The monoisotopic (exact) mass is 348 g/mol. The van der Waals surface area contributed by atoms with Crippen LogP contribution in [0, 0.1) is 5.41 Å². The Morgan fingerprint density at radius 1 is 1.14 bits per heavy atom. The van der Waals surface area contributed by atoms with Crippen molar-refractivity contribution in [3.05, 3.63) is 18.7 Å². The van der Waals surface area contributed by atoms with Crippen LogP contribution in [0.5, 0.6) is 0 Å². The summed E-state index contributed by atoms with van der Waals surface area (Å²) in [4.78, 5) is 18.3. The third-order valence-electron chi connectivity index (χ3n) is 4.98. The van der Waals surface area contributed by atoms with Crippen LogP contribution in [0.15, 0.2) is 18.7 Å². The summed E-state index contributed by atoms with van der Waals surface area (Å²) in [5.41, 5.74) is 0.520. The van der Waals surface area contributed by atoms with E-state index in [4.69, 9.17) is 0 Å². The molecule has 1 spiro atoms. The zero-order valence-electron chi connectivity index (χ0n) is 12.9. The van der Waals surface area contributed by atoms with Gasteiger partial charge in [-0.05, 0) is 44.2 Å². The van der Waals surface area contributed by atoms with Crippen molar-refractivity contribution in [3.8, 4) is 0 Å². The van der Waals surface area contributed by atoms with Gasteiger partial charge in [-0.3, -0.25) is 4.79 Å². The molecule has 0 saturated carbocycles. The fourth-order valence-electron chi connectivity index (χ4n) is 3.49. The van der Waals surface area contributed by atoms with Gasteiger partial charge in [-0.25, -0.2) is 4.98 Å². The number of piperidine rings is 2. The van der Waals surface area contributed by atoms with E-state index in [0.717, 1.165) is 32.7 Å². The topological polar surface area (TPSA) is 50.2 Å². The van der Waals surface area contributed by atoms with E-state index in [1.807, 2.05) is 10.8 Å². The number of carbonyl (C=O) groups is 1. The summed E-state index contributed by atoms with van der Waals surface area (Å²) >= 11 is 0. The van der Waals surface area contributed by atoms with E-state index < -0.39 is 0 Å². The van der Waals surface area contributed by atoms with Crippen molar-refractivity contribution in [1.29, 1.82) is 0 Å². The maximum Gasteiger partial charge on any atom is 0.224 e. The Morgan fingerprint density at radius 3 is 2.41 bits per heavy atom. The van der Waals surface area contributed by atoms with Gasteiger partial charge in [-0.1, -0.05) is 0 Å². The minimum absolute atomic E-state index is 0. The second kappa shape index (κ2) is 8.75. The summed E-state index contributed by atoms with van der Waals surface area (Å²) in [6.45, 7) is 4.93. The van der Waals surface area contributed by atoms with Crippen LogP contribution in [-0.2, 0) is 11.3 Å². The van der Waals surface area contributed by atoms with Crippen molar-refractivity contribution in [2.45, 2.75) is 38.6 Å². The molecule has 3 rings (SSSR count). The van der Waals surface area contributed by atoms with Crippen LogP contribution < -0.4 is 5.32 Å². The fourth-order valence-corrected chi connectivity index (χ4v) is 3.49. The zero-order chi connectivity index (χ0) is 13.8. The first-order valence-electron chi connectivity index (χ1n) is 7.72. The second-order valence-electron chi connectivity index (χ2n) is 6.18. The molecule has 1 N–H and O–H groups in total. The number of hydrogen-bond donors (Lipinski definition) is 1. The molecule has 0 radical (unpaired) electrons. The Labute approximate surface area is 144 Å². The summed E-state index contributed by atoms with van der Waals surface area (Å²) in [7, 11) is 0. The number of aryl methyl sites for hydroxylation is 1. The molecule has 5 nitrogen and oxygen atoms in total. The number of rotatable bonds is 3. The number of carbonyl (C=O) groups excluding carboxylic acids is 1. The van der Waals surface area contributed by atoms with Crippen molar-refractivity contribution in [2.75, 3.05) is 26.2 Å². The molecule has 2 fully saturated rings. The van der Waals surface area contributed by atoms with Crippen molar-refractivity contribution in [3.63, 3.8) is 0 Å². The number of likely N-dealkylation sites (tertiary alicyclic amines) is 1. The van der Waals surface area contributed by atoms with Gasteiger partial charge in [0.25, 0.3) is 0 Å². The van der Waals surface area contributed by atoms with Gasteiger partial charge >= 0.3 is 0 Å². The van der Waals surface area contributed by atoms with E-state index in [1.165, 1.54) is 25.7 Å². The van der Waals surface area contributed by atoms with Crippen LogP contribution in [0.1, 0.15) is 32.1 Å². The van der Waals surface area contributed by atoms with Crippen molar-refractivity contribution >= 4 is 30.7 Å². The van der Waals surface area contributed by atoms with Crippen molar-refractivity contribution in [2.24, 2.45) is 5.41 Å². The molecule has 126 valence electrons. The summed E-state index contributed by atoms with van der Waals surface area (Å²) in [5.74, 6) is 0.294. The predicted molar refractivity (Wildman–Crippen MR) is 91.7 cm³/mol. The molecular weight excluding hydrogens is 323 g/mol. The highest BCUT2D eigenvalue weighted by Crippen LogP contribution is 2.39. The molecule has 0 aromatic carbocycles. The second-order valence-corrected chi connectivity index (χ2v) is 6.18. The highest BCUT2D eigenvalue weighted by atomic mass is 35.5. The number of halogens is 2. The van der Waals surface area contributed by atoms with Gasteiger partial charge in [0, 0.05) is 38.4 Å². The molecule has 7 heteroatoms. The van der Waals surface area contributed by atoms with Crippen LogP contribution in [0.3, 0.4) is 0 Å². The van der Waals surface area contributed by atoms with Crippen LogP contribution in [-0.4, -0.2) is 46.5 Å². The summed E-state index contributed by atoms with van der Waals surface area (Å²) in [6.07, 6.45) is 11.0. The molecule has 0 bridgehead atoms. The first-order valence-corrected chi connectivity index (χ1v) is 7.72. The Morgan fingerprint density at radius 2 is 1.82 bits per heavy atom. The van der Waals surface area contributed by atoms with Gasteiger partial charge in [0.15, 0.2) is 0 Å². The lowest BCUT2D eigenvalue weighted by Gasteiger charge is -2.44. The number of amides is 1. The Bertz CT molecular complexity index is 436.